The average molecular weight is 452 g/mol. The number of ether oxygens (including phenoxy) is 2. The molecule has 166 valence electrons. The summed E-state index contributed by atoms with van der Waals surface area (Å²) in [6.45, 7) is 7.41. The SMILES string of the molecule is Cc1cc(OCc2ccc(/C=C/C(=O)c3ccc(N4CCOCC4)cc3)o2)cc(C)c1Cl. The molecule has 4 rings (SSSR count). The molecule has 0 radical (unpaired) electrons. The molecule has 6 heteroatoms. The second kappa shape index (κ2) is 10.1. The number of carbonyl (C=O) groups excluding carboxylic acids is 1. The van der Waals surface area contributed by atoms with Crippen LogP contribution in [0, 0.1) is 13.8 Å². The molecule has 32 heavy (non-hydrogen) atoms. The number of anilines is 1. The van der Waals surface area contributed by atoms with Crippen molar-refractivity contribution in [2.75, 3.05) is 31.2 Å². The molecule has 1 aliphatic rings. The molecule has 0 saturated carbocycles. The molecule has 0 aliphatic carbocycles. The third kappa shape index (κ3) is 5.42. The molecule has 0 atom stereocenters. The van der Waals surface area contributed by atoms with E-state index < -0.39 is 0 Å². The van der Waals surface area contributed by atoms with Gasteiger partial charge in [-0.1, -0.05) is 11.6 Å². The minimum atomic E-state index is -0.0696. The van der Waals surface area contributed by atoms with E-state index in [1.807, 2.05) is 62.4 Å². The van der Waals surface area contributed by atoms with Crippen LogP contribution in [0.25, 0.3) is 6.08 Å². The molecule has 1 fully saturated rings. The number of rotatable bonds is 7. The van der Waals surface area contributed by atoms with Crippen LogP contribution in [0.15, 0.2) is 59.0 Å². The minimum Gasteiger partial charge on any atom is -0.486 e. The Morgan fingerprint density at radius 1 is 1.06 bits per heavy atom. The minimum absolute atomic E-state index is 0.0696. The van der Waals surface area contributed by atoms with Gasteiger partial charge in [0.15, 0.2) is 5.78 Å². The van der Waals surface area contributed by atoms with Gasteiger partial charge in [0, 0.05) is 29.4 Å². The normalized spacial score (nSPS) is 14.2. The van der Waals surface area contributed by atoms with E-state index in [-0.39, 0.29) is 5.78 Å². The van der Waals surface area contributed by atoms with Crippen molar-refractivity contribution in [2.45, 2.75) is 20.5 Å². The van der Waals surface area contributed by atoms with Gasteiger partial charge in [0.1, 0.15) is 23.9 Å². The van der Waals surface area contributed by atoms with Crippen LogP contribution in [-0.4, -0.2) is 32.1 Å². The number of nitrogens with zero attached hydrogens (tertiary/aromatic N) is 1. The number of benzene rings is 2. The zero-order valence-electron chi connectivity index (χ0n) is 18.3. The highest BCUT2D eigenvalue weighted by atomic mass is 35.5. The van der Waals surface area contributed by atoms with Crippen LogP contribution in [0.3, 0.4) is 0 Å². The predicted octanol–water partition coefficient (Wildman–Crippen LogP) is 5.86. The monoisotopic (exact) mass is 451 g/mol. The van der Waals surface area contributed by atoms with Crippen LogP contribution >= 0.6 is 11.6 Å². The Morgan fingerprint density at radius 2 is 1.75 bits per heavy atom. The van der Waals surface area contributed by atoms with Crippen LogP contribution < -0.4 is 9.64 Å². The zero-order chi connectivity index (χ0) is 22.5. The summed E-state index contributed by atoms with van der Waals surface area (Å²) >= 11 is 6.20. The Balaban J connectivity index is 1.33. The third-order valence-electron chi connectivity index (χ3n) is 5.40. The van der Waals surface area contributed by atoms with Crippen molar-refractivity contribution in [1.29, 1.82) is 0 Å². The molecule has 0 unspecified atom stereocenters. The summed E-state index contributed by atoms with van der Waals surface area (Å²) in [5, 5.41) is 0.753. The van der Waals surface area contributed by atoms with E-state index in [4.69, 9.17) is 25.5 Å². The second-order valence-electron chi connectivity index (χ2n) is 7.81. The number of halogens is 1. The summed E-state index contributed by atoms with van der Waals surface area (Å²) in [6.07, 6.45) is 3.21. The smallest absolute Gasteiger partial charge is 0.185 e. The van der Waals surface area contributed by atoms with Gasteiger partial charge >= 0.3 is 0 Å². The quantitative estimate of drug-likeness (QED) is 0.332. The Labute approximate surface area is 193 Å². The van der Waals surface area contributed by atoms with Crippen molar-refractivity contribution < 1.29 is 18.7 Å². The molecule has 0 N–H and O–H groups in total. The summed E-state index contributed by atoms with van der Waals surface area (Å²) in [6, 6.07) is 15.2. The van der Waals surface area contributed by atoms with Gasteiger partial charge < -0.3 is 18.8 Å². The molecule has 1 aromatic heterocycles. The van der Waals surface area contributed by atoms with E-state index >= 15 is 0 Å². The fraction of sp³-hybridized carbons (Fsp3) is 0.269. The predicted molar refractivity (Wildman–Crippen MR) is 127 cm³/mol. The second-order valence-corrected chi connectivity index (χ2v) is 8.19. The molecule has 1 saturated heterocycles. The maximum absolute atomic E-state index is 12.5. The summed E-state index contributed by atoms with van der Waals surface area (Å²) in [5.74, 6) is 1.95. The molecule has 3 aromatic rings. The molecule has 0 amide bonds. The maximum atomic E-state index is 12.5. The van der Waals surface area contributed by atoms with Crippen LogP contribution in [-0.2, 0) is 11.3 Å². The number of allylic oxidation sites excluding steroid dienone is 1. The van der Waals surface area contributed by atoms with Gasteiger partial charge in [-0.15, -0.1) is 0 Å². The van der Waals surface area contributed by atoms with Crippen molar-refractivity contribution in [3.8, 4) is 5.75 Å². The first-order valence-corrected chi connectivity index (χ1v) is 11.0. The van der Waals surface area contributed by atoms with E-state index in [1.165, 1.54) is 6.08 Å². The lowest BCUT2D eigenvalue weighted by molar-refractivity contribution is 0.104. The van der Waals surface area contributed by atoms with Crippen molar-refractivity contribution in [3.05, 3.63) is 87.8 Å². The molecule has 2 heterocycles. The fourth-order valence-electron chi connectivity index (χ4n) is 3.62. The van der Waals surface area contributed by atoms with E-state index in [0.717, 1.165) is 53.9 Å². The standard InChI is InChI=1S/C26H26ClNO4/c1-18-15-24(16-19(2)26(18)27)31-17-23-8-7-22(32-23)9-10-25(29)20-3-5-21(6-4-20)28-11-13-30-14-12-28/h3-10,15-16H,11-14,17H2,1-2H3/b10-9+. The van der Waals surface area contributed by atoms with Gasteiger partial charge in [-0.05, 0) is 85.7 Å². The van der Waals surface area contributed by atoms with E-state index in [0.29, 0.717) is 23.7 Å². The summed E-state index contributed by atoms with van der Waals surface area (Å²) < 4.78 is 17.0. The van der Waals surface area contributed by atoms with Crippen molar-refractivity contribution >= 4 is 29.1 Å². The first kappa shape index (κ1) is 22.2. The highest BCUT2D eigenvalue weighted by molar-refractivity contribution is 6.32. The third-order valence-corrected chi connectivity index (χ3v) is 6.00. The Morgan fingerprint density at radius 3 is 2.44 bits per heavy atom. The number of carbonyl (C=O) groups is 1. The summed E-state index contributed by atoms with van der Waals surface area (Å²) in [5.41, 5.74) is 3.69. The number of hydrogen-bond donors (Lipinski definition) is 0. The molecule has 1 aliphatic heterocycles. The highest BCUT2D eigenvalue weighted by Crippen LogP contribution is 2.26. The molecular weight excluding hydrogens is 426 g/mol. The maximum Gasteiger partial charge on any atom is 0.185 e. The van der Waals surface area contributed by atoms with Gasteiger partial charge in [0.25, 0.3) is 0 Å². The largest absolute Gasteiger partial charge is 0.486 e. The summed E-state index contributed by atoms with van der Waals surface area (Å²) in [7, 11) is 0. The molecule has 5 nitrogen and oxygen atoms in total. The number of furan rings is 1. The average Bonchev–Trinajstić information content (AvgIpc) is 3.28. The first-order valence-electron chi connectivity index (χ1n) is 10.6. The lowest BCUT2D eigenvalue weighted by Crippen LogP contribution is -2.36. The highest BCUT2D eigenvalue weighted by Gasteiger charge is 2.12. The number of aryl methyl sites for hydroxylation is 2. The Hall–Kier alpha value is -3.02. The van der Waals surface area contributed by atoms with Crippen LogP contribution in [0.4, 0.5) is 5.69 Å². The zero-order valence-corrected chi connectivity index (χ0v) is 19.0. The van der Waals surface area contributed by atoms with Crippen molar-refractivity contribution in [2.24, 2.45) is 0 Å². The Kier molecular flexibility index (Phi) is 6.98. The van der Waals surface area contributed by atoms with Gasteiger partial charge in [0.2, 0.25) is 0 Å². The van der Waals surface area contributed by atoms with Gasteiger partial charge in [-0.25, -0.2) is 0 Å². The number of morpholine rings is 1. The fourth-order valence-corrected chi connectivity index (χ4v) is 3.73. The van der Waals surface area contributed by atoms with Gasteiger partial charge in [-0.2, -0.15) is 0 Å². The lowest BCUT2D eigenvalue weighted by atomic mass is 10.1. The van der Waals surface area contributed by atoms with Gasteiger partial charge in [0.05, 0.1) is 13.2 Å². The topological polar surface area (TPSA) is 51.9 Å². The molecular formula is C26H26ClNO4. The van der Waals surface area contributed by atoms with E-state index in [1.54, 1.807) is 6.08 Å². The van der Waals surface area contributed by atoms with Crippen LogP contribution in [0.1, 0.15) is 33.0 Å². The lowest BCUT2D eigenvalue weighted by Gasteiger charge is -2.28. The number of hydrogen-bond acceptors (Lipinski definition) is 5. The van der Waals surface area contributed by atoms with Crippen LogP contribution in [0.2, 0.25) is 5.02 Å². The Bertz CT molecular complexity index is 1090. The number of ketones is 1. The summed E-state index contributed by atoms with van der Waals surface area (Å²) in [4.78, 5) is 14.8. The molecule has 0 bridgehead atoms. The van der Waals surface area contributed by atoms with Crippen LogP contribution in [0.5, 0.6) is 5.75 Å². The molecule has 0 spiro atoms. The van der Waals surface area contributed by atoms with E-state index in [9.17, 15) is 4.79 Å². The van der Waals surface area contributed by atoms with Gasteiger partial charge in [-0.3, -0.25) is 4.79 Å². The van der Waals surface area contributed by atoms with E-state index in [2.05, 4.69) is 4.90 Å². The molecule has 2 aromatic carbocycles. The van der Waals surface area contributed by atoms with Crippen molar-refractivity contribution in [3.63, 3.8) is 0 Å². The van der Waals surface area contributed by atoms with Crippen molar-refractivity contribution in [1.82, 2.24) is 0 Å². The first-order chi connectivity index (χ1) is 15.5.